The largest absolute Gasteiger partial charge is 0.389 e. The molecule has 2 bridgehead atoms. The van der Waals surface area contributed by atoms with Crippen molar-refractivity contribution >= 4 is 0 Å². The second-order valence-corrected chi connectivity index (χ2v) is 8.91. The zero-order valence-electron chi connectivity index (χ0n) is 14.1. The Labute approximate surface area is 124 Å². The molecule has 2 N–H and O–H groups in total. The lowest BCUT2D eigenvalue weighted by Crippen LogP contribution is -2.46. The van der Waals surface area contributed by atoms with Gasteiger partial charge in [0.05, 0.1) is 18.8 Å². The molecule has 2 aliphatic carbocycles. The van der Waals surface area contributed by atoms with Crippen molar-refractivity contribution in [2.45, 2.75) is 78.6 Å². The van der Waals surface area contributed by atoms with Crippen LogP contribution in [0.25, 0.3) is 0 Å². The van der Waals surface area contributed by atoms with Crippen LogP contribution in [0.3, 0.4) is 0 Å². The predicted molar refractivity (Wildman–Crippen MR) is 82.7 cm³/mol. The summed E-state index contributed by atoms with van der Waals surface area (Å²) in [6.45, 7) is 14.4. The second-order valence-electron chi connectivity index (χ2n) is 8.91. The molecule has 0 saturated heterocycles. The molecular weight excluding hydrogens is 250 g/mol. The summed E-state index contributed by atoms with van der Waals surface area (Å²) < 4.78 is 6.19. The molecule has 2 fully saturated rings. The molecule has 0 aromatic rings. The molecule has 3 nitrogen and oxygen atoms in total. The highest BCUT2D eigenvalue weighted by Crippen LogP contribution is 2.63. The van der Waals surface area contributed by atoms with Gasteiger partial charge in [-0.2, -0.15) is 0 Å². The van der Waals surface area contributed by atoms with Crippen molar-refractivity contribution in [3.8, 4) is 0 Å². The van der Waals surface area contributed by atoms with Gasteiger partial charge >= 0.3 is 0 Å². The maximum atomic E-state index is 10.1. The summed E-state index contributed by atoms with van der Waals surface area (Å²) in [4.78, 5) is 0. The van der Waals surface area contributed by atoms with Crippen LogP contribution in [-0.4, -0.2) is 36.0 Å². The van der Waals surface area contributed by atoms with Gasteiger partial charge in [0.1, 0.15) is 0 Å². The van der Waals surface area contributed by atoms with Gasteiger partial charge in [0.25, 0.3) is 0 Å². The summed E-state index contributed by atoms with van der Waals surface area (Å²) in [6, 6.07) is 0. The summed E-state index contributed by atoms with van der Waals surface area (Å²) in [6.07, 6.45) is 3.78. The van der Waals surface area contributed by atoms with E-state index in [0.29, 0.717) is 18.6 Å². The Hall–Kier alpha value is -0.120. The average Bonchev–Trinajstić information content (AvgIpc) is 2.76. The fourth-order valence-corrected chi connectivity index (χ4v) is 4.36. The second kappa shape index (κ2) is 5.26. The Morgan fingerprint density at radius 3 is 2.45 bits per heavy atom. The number of fused-ring (bicyclic) bond motifs is 2. The van der Waals surface area contributed by atoms with E-state index in [-0.39, 0.29) is 17.1 Å². The highest BCUT2D eigenvalue weighted by atomic mass is 16.5. The van der Waals surface area contributed by atoms with E-state index >= 15 is 0 Å². The Balaban J connectivity index is 1.85. The fourth-order valence-electron chi connectivity index (χ4n) is 4.36. The summed E-state index contributed by atoms with van der Waals surface area (Å²) in [5, 5.41) is 13.4. The maximum absolute atomic E-state index is 10.1. The lowest BCUT2D eigenvalue weighted by Gasteiger charge is -2.42. The monoisotopic (exact) mass is 283 g/mol. The summed E-state index contributed by atoms with van der Waals surface area (Å²) in [5.74, 6) is 0.794. The third-order valence-corrected chi connectivity index (χ3v) is 5.46. The van der Waals surface area contributed by atoms with Gasteiger partial charge in [-0.05, 0) is 56.8 Å². The van der Waals surface area contributed by atoms with E-state index in [4.69, 9.17) is 4.74 Å². The molecule has 3 heteroatoms. The van der Waals surface area contributed by atoms with Crippen molar-refractivity contribution in [1.82, 2.24) is 5.32 Å². The molecule has 2 saturated carbocycles. The topological polar surface area (TPSA) is 41.5 Å². The molecule has 2 aliphatic rings. The van der Waals surface area contributed by atoms with Gasteiger partial charge < -0.3 is 15.2 Å². The molecule has 0 unspecified atom stereocenters. The molecule has 0 radical (unpaired) electrons. The minimum Gasteiger partial charge on any atom is -0.389 e. The van der Waals surface area contributed by atoms with E-state index < -0.39 is 6.10 Å². The molecule has 0 aliphatic heterocycles. The fraction of sp³-hybridized carbons (Fsp3) is 1.00. The van der Waals surface area contributed by atoms with Crippen molar-refractivity contribution in [2.75, 3.05) is 13.2 Å². The smallest absolute Gasteiger partial charge is 0.0898 e. The molecular formula is C17H33NO2. The minimum absolute atomic E-state index is 0.0403. The Morgan fingerprint density at radius 2 is 1.95 bits per heavy atom. The first kappa shape index (κ1) is 16.3. The molecule has 0 heterocycles. The molecule has 2 rings (SSSR count). The number of rotatable bonds is 5. The summed E-state index contributed by atoms with van der Waals surface area (Å²) in [7, 11) is 0. The van der Waals surface area contributed by atoms with Gasteiger partial charge in [0.2, 0.25) is 0 Å². The van der Waals surface area contributed by atoms with Crippen molar-refractivity contribution in [2.24, 2.45) is 16.7 Å². The van der Waals surface area contributed by atoms with Crippen molar-refractivity contribution in [1.29, 1.82) is 0 Å². The van der Waals surface area contributed by atoms with E-state index in [1.807, 2.05) is 0 Å². The number of hydrogen-bond acceptors (Lipinski definition) is 3. The zero-order chi connectivity index (χ0) is 15.2. The average molecular weight is 283 g/mol. The van der Waals surface area contributed by atoms with Crippen LogP contribution < -0.4 is 5.32 Å². The summed E-state index contributed by atoms with van der Waals surface area (Å²) in [5.41, 5.74) is 0.619. The lowest BCUT2D eigenvalue weighted by molar-refractivity contribution is -0.110. The first-order valence-electron chi connectivity index (χ1n) is 8.09. The minimum atomic E-state index is -0.423. The van der Waals surface area contributed by atoms with E-state index in [2.05, 4.69) is 46.9 Å². The van der Waals surface area contributed by atoms with E-state index in [1.54, 1.807) is 0 Å². The molecule has 0 aromatic carbocycles. The first-order valence-corrected chi connectivity index (χ1v) is 8.09. The molecule has 118 valence electrons. The Morgan fingerprint density at radius 1 is 1.30 bits per heavy atom. The van der Waals surface area contributed by atoms with Crippen LogP contribution >= 0.6 is 0 Å². The van der Waals surface area contributed by atoms with Crippen LogP contribution in [0, 0.1) is 16.7 Å². The normalized spacial score (nSPS) is 37.4. The van der Waals surface area contributed by atoms with Crippen molar-refractivity contribution < 1.29 is 9.84 Å². The maximum Gasteiger partial charge on any atom is 0.0898 e. The highest BCUT2D eigenvalue weighted by Gasteiger charge is 2.60. The van der Waals surface area contributed by atoms with Gasteiger partial charge in [-0.1, -0.05) is 20.8 Å². The van der Waals surface area contributed by atoms with Gasteiger partial charge in [-0.3, -0.25) is 0 Å². The van der Waals surface area contributed by atoms with Crippen LogP contribution in [0.15, 0.2) is 0 Å². The van der Waals surface area contributed by atoms with Crippen molar-refractivity contribution in [3.63, 3.8) is 0 Å². The number of aliphatic hydroxyl groups excluding tert-OH is 1. The van der Waals surface area contributed by atoms with Crippen LogP contribution in [0.5, 0.6) is 0 Å². The van der Waals surface area contributed by atoms with E-state index in [1.165, 1.54) is 19.3 Å². The molecule has 0 aromatic heterocycles. The SMILES string of the molecule is CC(C)(C)NC[C@@H](O)CO[C@@H]1C(C)(C)[C@H]2CC[C@@]1(C)C2. The molecule has 4 atom stereocenters. The third kappa shape index (κ3) is 3.20. The van der Waals surface area contributed by atoms with Gasteiger partial charge in [-0.25, -0.2) is 0 Å². The number of ether oxygens (including phenoxy) is 1. The summed E-state index contributed by atoms with van der Waals surface area (Å²) >= 11 is 0. The third-order valence-electron chi connectivity index (χ3n) is 5.46. The lowest BCUT2D eigenvalue weighted by atomic mass is 9.70. The molecule has 20 heavy (non-hydrogen) atoms. The quantitative estimate of drug-likeness (QED) is 0.815. The number of nitrogens with one attached hydrogen (secondary N) is 1. The predicted octanol–water partition coefficient (Wildman–Crippen LogP) is 2.97. The van der Waals surface area contributed by atoms with E-state index in [0.717, 1.165) is 5.92 Å². The van der Waals surface area contributed by atoms with Gasteiger partial charge in [-0.15, -0.1) is 0 Å². The number of hydrogen-bond donors (Lipinski definition) is 2. The first-order chi connectivity index (χ1) is 9.05. The van der Waals surface area contributed by atoms with Crippen LogP contribution in [0.1, 0.15) is 60.8 Å². The van der Waals surface area contributed by atoms with E-state index in [9.17, 15) is 5.11 Å². The van der Waals surface area contributed by atoms with Gasteiger partial charge in [0.15, 0.2) is 0 Å². The standard InChI is InChI=1S/C17H33NO2/c1-15(2,3)18-10-13(19)11-20-14-16(4,5)12-7-8-17(14,6)9-12/h12-14,18-19H,7-11H2,1-6H3/t12-,13+,14+,17-/m0/s1. The Kier molecular flexibility index (Phi) is 4.27. The van der Waals surface area contributed by atoms with Crippen LogP contribution in [0.2, 0.25) is 0 Å². The molecule has 0 spiro atoms. The van der Waals surface area contributed by atoms with Gasteiger partial charge in [0, 0.05) is 12.1 Å². The zero-order valence-corrected chi connectivity index (χ0v) is 14.1. The Bertz CT molecular complexity index is 343. The molecule has 0 amide bonds. The number of aliphatic hydroxyl groups is 1. The highest BCUT2D eigenvalue weighted by molar-refractivity contribution is 5.09. The van der Waals surface area contributed by atoms with Crippen molar-refractivity contribution in [3.05, 3.63) is 0 Å². The van der Waals surface area contributed by atoms with Crippen LogP contribution in [-0.2, 0) is 4.74 Å². The number of β-amino-alcohol motifs (C(OH)–C–C–N with tert-alkyl or cyclic N) is 1. The van der Waals surface area contributed by atoms with Crippen LogP contribution in [0.4, 0.5) is 0 Å².